The average Bonchev–Trinajstić information content (AvgIpc) is 2.92. The van der Waals surface area contributed by atoms with Crippen LogP contribution >= 0.6 is 0 Å². The standard InChI is InChI=1S/C13H11F2N3O/c1-8(9-4-5-10(14)11(15)7-9)17-18-13(19)12-3-2-6-16-12/h2-7,16H,1H3,(H,18,19)/b17-8-. The van der Waals surface area contributed by atoms with Crippen molar-refractivity contribution in [1.29, 1.82) is 0 Å². The van der Waals surface area contributed by atoms with E-state index in [2.05, 4.69) is 15.5 Å². The van der Waals surface area contributed by atoms with Gasteiger partial charge in [-0.15, -0.1) is 0 Å². The lowest BCUT2D eigenvalue weighted by Gasteiger charge is -2.02. The number of rotatable bonds is 3. The number of amides is 1. The molecule has 0 saturated heterocycles. The van der Waals surface area contributed by atoms with Gasteiger partial charge in [-0.1, -0.05) is 0 Å². The maximum Gasteiger partial charge on any atom is 0.287 e. The third-order valence-corrected chi connectivity index (χ3v) is 2.51. The summed E-state index contributed by atoms with van der Waals surface area (Å²) >= 11 is 0. The first-order chi connectivity index (χ1) is 9.08. The molecule has 2 rings (SSSR count). The molecule has 0 saturated carbocycles. The summed E-state index contributed by atoms with van der Waals surface area (Å²) in [5.41, 5.74) is 3.45. The Bertz CT molecular complexity index is 621. The number of halogens is 2. The SMILES string of the molecule is C/C(=N/NC(=O)c1ccc[nH]1)c1ccc(F)c(F)c1. The first-order valence-electron chi connectivity index (χ1n) is 5.51. The lowest BCUT2D eigenvalue weighted by molar-refractivity contribution is 0.0950. The summed E-state index contributed by atoms with van der Waals surface area (Å²) < 4.78 is 25.8. The van der Waals surface area contributed by atoms with Crippen LogP contribution in [0.25, 0.3) is 0 Å². The van der Waals surface area contributed by atoms with Crippen LogP contribution in [0.3, 0.4) is 0 Å². The van der Waals surface area contributed by atoms with Gasteiger partial charge in [0.15, 0.2) is 11.6 Å². The Morgan fingerprint density at radius 2 is 2.05 bits per heavy atom. The van der Waals surface area contributed by atoms with Gasteiger partial charge in [0.1, 0.15) is 5.69 Å². The summed E-state index contributed by atoms with van der Waals surface area (Å²) in [6.45, 7) is 1.58. The number of H-pyrrole nitrogens is 1. The molecule has 2 N–H and O–H groups in total. The largest absolute Gasteiger partial charge is 0.357 e. The molecule has 0 unspecified atom stereocenters. The molecule has 0 atom stereocenters. The average molecular weight is 263 g/mol. The van der Waals surface area contributed by atoms with Crippen molar-refractivity contribution in [3.8, 4) is 0 Å². The van der Waals surface area contributed by atoms with Gasteiger partial charge in [0.2, 0.25) is 0 Å². The molecule has 0 aliphatic carbocycles. The maximum atomic E-state index is 13.0. The van der Waals surface area contributed by atoms with Crippen LogP contribution < -0.4 is 5.43 Å². The highest BCUT2D eigenvalue weighted by molar-refractivity contribution is 6.00. The van der Waals surface area contributed by atoms with E-state index in [1.807, 2.05) is 0 Å². The van der Waals surface area contributed by atoms with E-state index in [4.69, 9.17) is 0 Å². The molecule has 0 bridgehead atoms. The van der Waals surface area contributed by atoms with Crippen molar-refractivity contribution in [1.82, 2.24) is 10.4 Å². The van der Waals surface area contributed by atoms with Crippen LogP contribution in [-0.4, -0.2) is 16.6 Å². The van der Waals surface area contributed by atoms with Crippen LogP contribution in [-0.2, 0) is 0 Å². The molecule has 0 aliphatic heterocycles. The summed E-state index contributed by atoms with van der Waals surface area (Å²) in [5, 5.41) is 3.83. The van der Waals surface area contributed by atoms with Gasteiger partial charge in [0.05, 0.1) is 5.71 Å². The van der Waals surface area contributed by atoms with Crippen LogP contribution in [0.1, 0.15) is 23.0 Å². The Morgan fingerprint density at radius 1 is 1.26 bits per heavy atom. The van der Waals surface area contributed by atoms with Gasteiger partial charge in [-0.05, 0) is 37.3 Å². The second-order valence-electron chi connectivity index (χ2n) is 3.85. The minimum Gasteiger partial charge on any atom is -0.357 e. The number of hydrogen-bond donors (Lipinski definition) is 2. The van der Waals surface area contributed by atoms with Crippen LogP contribution in [0.4, 0.5) is 8.78 Å². The quantitative estimate of drug-likeness (QED) is 0.648. The molecule has 4 nitrogen and oxygen atoms in total. The number of hydrazone groups is 1. The van der Waals surface area contributed by atoms with Crippen molar-refractivity contribution in [2.45, 2.75) is 6.92 Å². The van der Waals surface area contributed by atoms with E-state index in [9.17, 15) is 13.6 Å². The number of carbonyl (C=O) groups excluding carboxylic acids is 1. The molecule has 1 aromatic carbocycles. The van der Waals surface area contributed by atoms with Crippen LogP contribution in [0.2, 0.25) is 0 Å². The number of aromatic nitrogens is 1. The predicted octanol–water partition coefficient (Wildman–Crippen LogP) is 2.45. The van der Waals surface area contributed by atoms with Gasteiger partial charge in [0, 0.05) is 11.8 Å². The van der Waals surface area contributed by atoms with E-state index in [1.54, 1.807) is 25.3 Å². The number of hydrogen-bond acceptors (Lipinski definition) is 2. The molecule has 1 heterocycles. The minimum atomic E-state index is -0.956. The maximum absolute atomic E-state index is 13.0. The van der Waals surface area contributed by atoms with E-state index < -0.39 is 17.5 Å². The molecule has 19 heavy (non-hydrogen) atoms. The molecule has 98 valence electrons. The normalized spacial score (nSPS) is 11.4. The molecule has 0 radical (unpaired) electrons. The fourth-order valence-corrected chi connectivity index (χ4v) is 1.45. The summed E-state index contributed by atoms with van der Waals surface area (Å²) in [7, 11) is 0. The lowest BCUT2D eigenvalue weighted by Crippen LogP contribution is -2.19. The zero-order valence-electron chi connectivity index (χ0n) is 10.1. The number of carbonyl (C=O) groups is 1. The third-order valence-electron chi connectivity index (χ3n) is 2.51. The van der Waals surface area contributed by atoms with E-state index in [-0.39, 0.29) is 0 Å². The van der Waals surface area contributed by atoms with Crippen LogP contribution in [0.5, 0.6) is 0 Å². The molecule has 6 heteroatoms. The lowest BCUT2D eigenvalue weighted by atomic mass is 10.1. The second-order valence-corrected chi connectivity index (χ2v) is 3.85. The van der Waals surface area contributed by atoms with Gasteiger partial charge in [-0.2, -0.15) is 5.10 Å². The Labute approximate surface area is 108 Å². The predicted molar refractivity (Wildman–Crippen MR) is 66.8 cm³/mol. The highest BCUT2D eigenvalue weighted by Gasteiger charge is 2.07. The first kappa shape index (κ1) is 12.9. The number of nitrogens with zero attached hydrogens (tertiary/aromatic N) is 1. The minimum absolute atomic E-state index is 0.363. The van der Waals surface area contributed by atoms with Gasteiger partial charge in [-0.3, -0.25) is 4.79 Å². The van der Waals surface area contributed by atoms with Gasteiger partial charge in [0.25, 0.3) is 5.91 Å². The fraction of sp³-hybridized carbons (Fsp3) is 0.0769. The third kappa shape index (κ3) is 3.04. The molecular weight excluding hydrogens is 252 g/mol. The van der Waals surface area contributed by atoms with E-state index in [0.29, 0.717) is 17.0 Å². The molecule has 2 aromatic rings. The van der Waals surface area contributed by atoms with E-state index in [1.165, 1.54) is 6.07 Å². The Kier molecular flexibility index (Phi) is 3.70. The van der Waals surface area contributed by atoms with Gasteiger partial charge >= 0.3 is 0 Å². The summed E-state index contributed by atoms with van der Waals surface area (Å²) in [6, 6.07) is 6.70. The summed E-state index contributed by atoms with van der Waals surface area (Å²) in [6.07, 6.45) is 1.61. The summed E-state index contributed by atoms with van der Waals surface area (Å²) in [4.78, 5) is 14.3. The second kappa shape index (κ2) is 5.43. The molecule has 0 fully saturated rings. The van der Waals surface area contributed by atoms with Crippen molar-refractivity contribution in [2.75, 3.05) is 0 Å². The zero-order valence-corrected chi connectivity index (χ0v) is 10.1. The Balaban J connectivity index is 2.10. The Morgan fingerprint density at radius 3 is 2.68 bits per heavy atom. The number of benzene rings is 1. The first-order valence-corrected chi connectivity index (χ1v) is 5.51. The van der Waals surface area contributed by atoms with E-state index in [0.717, 1.165) is 12.1 Å². The van der Waals surface area contributed by atoms with Crippen molar-refractivity contribution in [2.24, 2.45) is 5.10 Å². The monoisotopic (exact) mass is 263 g/mol. The summed E-state index contributed by atoms with van der Waals surface area (Å²) in [5.74, 6) is -2.29. The van der Waals surface area contributed by atoms with Crippen LogP contribution in [0, 0.1) is 11.6 Å². The molecule has 1 amide bonds. The zero-order chi connectivity index (χ0) is 13.8. The van der Waals surface area contributed by atoms with Gasteiger partial charge < -0.3 is 4.98 Å². The highest BCUT2D eigenvalue weighted by Crippen LogP contribution is 2.09. The van der Waals surface area contributed by atoms with E-state index >= 15 is 0 Å². The Hall–Kier alpha value is -2.50. The van der Waals surface area contributed by atoms with Crippen molar-refractivity contribution >= 4 is 11.6 Å². The fourth-order valence-electron chi connectivity index (χ4n) is 1.45. The van der Waals surface area contributed by atoms with Crippen molar-refractivity contribution in [3.63, 3.8) is 0 Å². The topological polar surface area (TPSA) is 57.2 Å². The van der Waals surface area contributed by atoms with Crippen molar-refractivity contribution < 1.29 is 13.6 Å². The van der Waals surface area contributed by atoms with Gasteiger partial charge in [-0.25, -0.2) is 14.2 Å². The number of nitrogens with one attached hydrogen (secondary N) is 2. The van der Waals surface area contributed by atoms with Crippen LogP contribution in [0.15, 0.2) is 41.6 Å². The smallest absolute Gasteiger partial charge is 0.287 e. The molecule has 1 aromatic heterocycles. The molecule has 0 aliphatic rings. The number of aromatic amines is 1. The molecular formula is C13H11F2N3O. The van der Waals surface area contributed by atoms with Crippen molar-refractivity contribution in [3.05, 3.63) is 59.4 Å². The highest BCUT2D eigenvalue weighted by atomic mass is 19.2. The molecule has 0 spiro atoms.